The Kier molecular flexibility index (Phi) is 4.04. The lowest BCUT2D eigenvalue weighted by molar-refractivity contribution is -0.118. The number of carbonyl (C=O) groups is 1. The summed E-state index contributed by atoms with van der Waals surface area (Å²) >= 11 is 0. The van der Waals surface area contributed by atoms with E-state index in [-0.39, 0.29) is 25.2 Å². The zero-order valence-corrected chi connectivity index (χ0v) is 10.4. The topological polar surface area (TPSA) is 73.6 Å². The normalized spacial score (nSPS) is 14.5. The highest BCUT2D eigenvalue weighted by Gasteiger charge is 2.18. The highest BCUT2D eigenvalue weighted by atomic mass is 16.7. The number of nitrogens with two attached hydrogens (primary N) is 1. The fourth-order valence-corrected chi connectivity index (χ4v) is 1.96. The van der Waals surface area contributed by atoms with Crippen LogP contribution in [0.4, 0.5) is 0 Å². The number of rotatable bonds is 6. The minimum absolute atomic E-state index is 0.0723. The molecule has 3 N–H and O–H groups in total. The second kappa shape index (κ2) is 5.73. The molecule has 0 fully saturated rings. The first-order valence-electron chi connectivity index (χ1n) is 6.12. The minimum Gasteiger partial charge on any atom is -0.454 e. The summed E-state index contributed by atoms with van der Waals surface area (Å²) in [5.74, 6) is 1.15. The molecule has 0 radical (unpaired) electrons. The van der Waals surface area contributed by atoms with E-state index in [1.807, 2.05) is 18.2 Å². The van der Waals surface area contributed by atoms with Crippen molar-refractivity contribution in [3.8, 4) is 11.5 Å². The summed E-state index contributed by atoms with van der Waals surface area (Å²) in [6, 6.07) is 5.62. The number of hydrogen-bond donors (Lipinski definition) is 2. The summed E-state index contributed by atoms with van der Waals surface area (Å²) in [5, 5.41) is 3.31. The molecular formula is C13H18N2O3. The van der Waals surface area contributed by atoms with Crippen molar-refractivity contribution in [1.29, 1.82) is 0 Å². The highest BCUT2D eigenvalue weighted by molar-refractivity contribution is 5.74. The smallest absolute Gasteiger partial charge is 0.231 e. The van der Waals surface area contributed by atoms with Crippen LogP contribution in [0.25, 0.3) is 0 Å². The van der Waals surface area contributed by atoms with Gasteiger partial charge in [-0.1, -0.05) is 13.0 Å². The van der Waals surface area contributed by atoms with Crippen LogP contribution in [0.1, 0.15) is 31.4 Å². The number of primary amides is 1. The molecule has 0 spiro atoms. The Morgan fingerprint density at radius 1 is 1.44 bits per heavy atom. The second-order valence-electron chi connectivity index (χ2n) is 4.29. The summed E-state index contributed by atoms with van der Waals surface area (Å²) in [5.41, 5.74) is 6.27. The van der Waals surface area contributed by atoms with Crippen LogP contribution in [0.3, 0.4) is 0 Å². The number of ether oxygens (including phenoxy) is 2. The predicted molar refractivity (Wildman–Crippen MR) is 67.4 cm³/mol. The summed E-state index contributed by atoms with van der Waals surface area (Å²) in [7, 11) is 0. The van der Waals surface area contributed by atoms with Gasteiger partial charge in [0, 0.05) is 12.5 Å². The predicted octanol–water partition coefficient (Wildman–Crippen LogP) is 1.33. The van der Waals surface area contributed by atoms with Crippen molar-refractivity contribution in [2.45, 2.75) is 25.8 Å². The zero-order chi connectivity index (χ0) is 13.0. The van der Waals surface area contributed by atoms with Gasteiger partial charge in [0.25, 0.3) is 0 Å². The van der Waals surface area contributed by atoms with Gasteiger partial charge in [-0.3, -0.25) is 4.79 Å². The molecule has 18 heavy (non-hydrogen) atoms. The average Bonchev–Trinajstić information content (AvgIpc) is 2.81. The van der Waals surface area contributed by atoms with Crippen LogP contribution in [-0.2, 0) is 4.79 Å². The largest absolute Gasteiger partial charge is 0.454 e. The van der Waals surface area contributed by atoms with Crippen molar-refractivity contribution < 1.29 is 14.3 Å². The molecule has 1 aliphatic heterocycles. The maximum atomic E-state index is 11.1. The number of hydrogen-bond acceptors (Lipinski definition) is 4. The van der Waals surface area contributed by atoms with Gasteiger partial charge in [-0.05, 0) is 30.7 Å². The molecule has 1 amide bonds. The van der Waals surface area contributed by atoms with Crippen molar-refractivity contribution in [3.05, 3.63) is 23.8 Å². The summed E-state index contributed by atoms with van der Waals surface area (Å²) in [6.07, 6.45) is 1.28. The van der Waals surface area contributed by atoms with Crippen LogP contribution in [-0.4, -0.2) is 19.2 Å². The lowest BCUT2D eigenvalue weighted by Crippen LogP contribution is -2.27. The highest BCUT2D eigenvalue weighted by Crippen LogP contribution is 2.34. The molecule has 2 rings (SSSR count). The van der Waals surface area contributed by atoms with E-state index in [9.17, 15) is 4.79 Å². The number of amides is 1. The van der Waals surface area contributed by atoms with Gasteiger partial charge in [0.1, 0.15) is 0 Å². The summed E-state index contributed by atoms with van der Waals surface area (Å²) in [6.45, 7) is 3.17. The number of benzene rings is 1. The fourth-order valence-electron chi connectivity index (χ4n) is 1.96. The Morgan fingerprint density at radius 3 is 2.94 bits per heavy atom. The average molecular weight is 250 g/mol. The first-order chi connectivity index (χ1) is 8.70. The number of nitrogens with one attached hydrogen (secondary N) is 1. The molecule has 5 nitrogen and oxygen atoms in total. The SMILES string of the molecule is CCCNC(CC(N)=O)c1ccc2c(c1)OCO2. The van der Waals surface area contributed by atoms with Gasteiger partial charge in [0.15, 0.2) is 11.5 Å². The standard InChI is InChI=1S/C13H18N2O3/c1-2-5-15-10(7-13(14)16)9-3-4-11-12(6-9)18-8-17-11/h3-4,6,10,15H,2,5,7-8H2,1H3,(H2,14,16). The fraction of sp³-hybridized carbons (Fsp3) is 0.462. The Bertz CT molecular complexity index is 434. The molecule has 1 aromatic rings. The molecule has 1 heterocycles. The van der Waals surface area contributed by atoms with Gasteiger partial charge in [-0.25, -0.2) is 0 Å². The first kappa shape index (κ1) is 12.7. The van der Waals surface area contributed by atoms with E-state index in [1.165, 1.54) is 0 Å². The lowest BCUT2D eigenvalue weighted by atomic mass is 10.0. The third-order valence-corrected chi connectivity index (χ3v) is 2.85. The summed E-state index contributed by atoms with van der Waals surface area (Å²) in [4.78, 5) is 11.1. The second-order valence-corrected chi connectivity index (χ2v) is 4.29. The van der Waals surface area contributed by atoms with Crippen molar-refractivity contribution in [2.75, 3.05) is 13.3 Å². The van der Waals surface area contributed by atoms with Crippen molar-refractivity contribution in [3.63, 3.8) is 0 Å². The summed E-state index contributed by atoms with van der Waals surface area (Å²) < 4.78 is 10.6. The monoisotopic (exact) mass is 250 g/mol. The van der Waals surface area contributed by atoms with E-state index >= 15 is 0 Å². The van der Waals surface area contributed by atoms with Gasteiger partial charge in [0.05, 0.1) is 0 Å². The van der Waals surface area contributed by atoms with Crippen molar-refractivity contribution >= 4 is 5.91 Å². The number of fused-ring (bicyclic) bond motifs is 1. The molecule has 1 atom stereocenters. The molecular weight excluding hydrogens is 232 g/mol. The quantitative estimate of drug-likeness (QED) is 0.799. The van der Waals surface area contributed by atoms with Crippen LogP contribution in [0.5, 0.6) is 11.5 Å². The van der Waals surface area contributed by atoms with Gasteiger partial charge in [0.2, 0.25) is 12.7 Å². The molecule has 0 aliphatic carbocycles. The Morgan fingerprint density at radius 2 is 2.22 bits per heavy atom. The van der Waals surface area contributed by atoms with Crippen LogP contribution >= 0.6 is 0 Å². The van der Waals surface area contributed by atoms with Gasteiger partial charge in [-0.2, -0.15) is 0 Å². The van der Waals surface area contributed by atoms with E-state index in [1.54, 1.807) is 0 Å². The van der Waals surface area contributed by atoms with Crippen molar-refractivity contribution in [2.24, 2.45) is 5.73 Å². The van der Waals surface area contributed by atoms with E-state index < -0.39 is 0 Å². The Balaban J connectivity index is 2.15. The van der Waals surface area contributed by atoms with E-state index in [0.29, 0.717) is 0 Å². The number of carbonyl (C=O) groups excluding carboxylic acids is 1. The first-order valence-corrected chi connectivity index (χ1v) is 6.12. The van der Waals surface area contributed by atoms with E-state index in [0.717, 1.165) is 30.0 Å². The zero-order valence-electron chi connectivity index (χ0n) is 10.4. The van der Waals surface area contributed by atoms with Gasteiger partial charge < -0.3 is 20.5 Å². The van der Waals surface area contributed by atoms with Crippen LogP contribution in [0, 0.1) is 0 Å². The molecule has 1 aliphatic rings. The van der Waals surface area contributed by atoms with Crippen LogP contribution < -0.4 is 20.5 Å². The van der Waals surface area contributed by atoms with Gasteiger partial charge >= 0.3 is 0 Å². The molecule has 0 aromatic heterocycles. The Hall–Kier alpha value is -1.75. The maximum absolute atomic E-state index is 11.1. The van der Waals surface area contributed by atoms with Crippen molar-refractivity contribution in [1.82, 2.24) is 5.32 Å². The molecule has 0 saturated heterocycles. The molecule has 5 heteroatoms. The third kappa shape index (κ3) is 2.92. The molecule has 1 aromatic carbocycles. The van der Waals surface area contributed by atoms with E-state index in [4.69, 9.17) is 15.2 Å². The minimum atomic E-state index is -0.318. The van der Waals surface area contributed by atoms with E-state index in [2.05, 4.69) is 12.2 Å². The Labute approximate surface area is 106 Å². The van der Waals surface area contributed by atoms with Crippen LogP contribution in [0.15, 0.2) is 18.2 Å². The molecule has 0 saturated carbocycles. The maximum Gasteiger partial charge on any atom is 0.231 e. The third-order valence-electron chi connectivity index (χ3n) is 2.85. The van der Waals surface area contributed by atoms with Gasteiger partial charge in [-0.15, -0.1) is 0 Å². The van der Waals surface area contributed by atoms with Crippen LogP contribution in [0.2, 0.25) is 0 Å². The molecule has 98 valence electrons. The molecule has 0 bridgehead atoms. The molecule has 1 unspecified atom stereocenters. The lowest BCUT2D eigenvalue weighted by Gasteiger charge is -2.17.